The zero-order valence-corrected chi connectivity index (χ0v) is 20.8. The number of alkyl halides is 2. The molecule has 36 heavy (non-hydrogen) atoms. The van der Waals surface area contributed by atoms with Crippen LogP contribution in [-0.4, -0.2) is 34.3 Å². The van der Waals surface area contributed by atoms with Gasteiger partial charge in [0.15, 0.2) is 0 Å². The lowest BCUT2D eigenvalue weighted by Gasteiger charge is -2.39. The van der Waals surface area contributed by atoms with Crippen LogP contribution in [0.25, 0.3) is 0 Å². The van der Waals surface area contributed by atoms with Gasteiger partial charge in [0, 0.05) is 18.3 Å². The summed E-state index contributed by atoms with van der Waals surface area (Å²) in [5.41, 5.74) is 0.386. The van der Waals surface area contributed by atoms with Crippen molar-refractivity contribution in [2.75, 3.05) is 10.6 Å². The number of nitrogens with zero attached hydrogens (tertiary/aromatic N) is 1. The Bertz CT molecular complexity index is 1150. The van der Waals surface area contributed by atoms with Crippen molar-refractivity contribution in [3.8, 4) is 0 Å². The first kappa shape index (κ1) is 27.2. The quantitative estimate of drug-likeness (QED) is 0.497. The second-order valence-corrected chi connectivity index (χ2v) is 10.2. The molecule has 194 valence electrons. The lowest BCUT2D eigenvalue weighted by atomic mass is 9.68. The van der Waals surface area contributed by atoms with E-state index in [9.17, 15) is 27.6 Å². The maximum absolute atomic E-state index is 14.5. The Labute approximate surface area is 207 Å². The minimum absolute atomic E-state index is 0.183. The number of carbonyl (C=O) groups is 3. The second kappa shape index (κ2) is 10.3. The molecule has 0 spiro atoms. The highest BCUT2D eigenvalue weighted by Gasteiger charge is 2.50. The molecule has 2 amide bonds. The fourth-order valence-electron chi connectivity index (χ4n) is 4.24. The standard InChI is InChI=1S/C26H30F3N3O4/c1-14-10-18(13-30-22(14)32-24(35)36-25(3,4)5)31-23(34)21(33)19-11-15(2)26(28,29)12-20(19)16-6-8-17(27)9-7-16/h6-10,13,15,19-20H,11-12H2,1-5H3,(H,31,34)(H,30,32,35)/t15-,19?,20-/m0/s1. The number of nitrogens with one attached hydrogen (secondary N) is 2. The number of anilines is 2. The van der Waals surface area contributed by atoms with Crippen LogP contribution < -0.4 is 10.6 Å². The molecular formula is C26H30F3N3O4. The number of Topliss-reactive ketones (excluding diaryl/α,β-unsaturated/α-hetero) is 1. The highest BCUT2D eigenvalue weighted by Crippen LogP contribution is 2.48. The van der Waals surface area contributed by atoms with Crippen LogP contribution in [0.5, 0.6) is 0 Å². The SMILES string of the molecule is Cc1cc(NC(=O)C(=O)C2C[C@H](C)C(F)(F)C[C@H]2c2ccc(F)cc2)cnc1NC(=O)OC(C)(C)C. The summed E-state index contributed by atoms with van der Waals surface area (Å²) in [6.45, 7) is 8.15. The number of benzene rings is 1. The molecule has 3 atom stereocenters. The van der Waals surface area contributed by atoms with Crippen molar-refractivity contribution in [1.29, 1.82) is 0 Å². The van der Waals surface area contributed by atoms with Gasteiger partial charge in [0.25, 0.3) is 11.8 Å². The molecule has 1 aliphatic rings. The third-order valence-corrected chi connectivity index (χ3v) is 6.12. The molecule has 3 rings (SSSR count). The average molecular weight is 506 g/mol. The molecule has 0 saturated heterocycles. The molecule has 1 heterocycles. The summed E-state index contributed by atoms with van der Waals surface area (Å²) < 4.78 is 47.6. The number of pyridine rings is 1. The average Bonchev–Trinajstić information content (AvgIpc) is 2.76. The zero-order chi connectivity index (χ0) is 26.8. The summed E-state index contributed by atoms with van der Waals surface area (Å²) in [4.78, 5) is 42.0. The van der Waals surface area contributed by atoms with Crippen LogP contribution in [0.4, 0.5) is 29.5 Å². The second-order valence-electron chi connectivity index (χ2n) is 10.2. The van der Waals surface area contributed by atoms with Crippen molar-refractivity contribution in [3.63, 3.8) is 0 Å². The highest BCUT2D eigenvalue weighted by atomic mass is 19.3. The molecule has 1 aromatic heterocycles. The number of amides is 2. The third kappa shape index (κ3) is 6.61. The third-order valence-electron chi connectivity index (χ3n) is 6.12. The fraction of sp³-hybridized carbons (Fsp3) is 0.462. The van der Waals surface area contributed by atoms with Gasteiger partial charge >= 0.3 is 6.09 Å². The number of ketones is 1. The van der Waals surface area contributed by atoms with Crippen LogP contribution in [0.2, 0.25) is 0 Å². The Balaban J connectivity index is 1.75. The van der Waals surface area contributed by atoms with E-state index in [0.717, 1.165) is 12.1 Å². The molecule has 0 bridgehead atoms. The molecule has 1 fully saturated rings. The van der Waals surface area contributed by atoms with Gasteiger partial charge in [0.1, 0.15) is 17.2 Å². The smallest absolute Gasteiger partial charge is 0.413 e. The lowest BCUT2D eigenvalue weighted by Crippen LogP contribution is -2.43. The van der Waals surface area contributed by atoms with Crippen molar-refractivity contribution in [1.82, 2.24) is 4.98 Å². The number of aryl methyl sites for hydroxylation is 1. The summed E-state index contributed by atoms with van der Waals surface area (Å²) in [7, 11) is 0. The Kier molecular flexibility index (Phi) is 7.76. The zero-order valence-electron chi connectivity index (χ0n) is 20.8. The van der Waals surface area contributed by atoms with E-state index in [0.29, 0.717) is 11.1 Å². The van der Waals surface area contributed by atoms with E-state index < -0.39 is 59.3 Å². The number of hydrogen-bond acceptors (Lipinski definition) is 5. The van der Waals surface area contributed by atoms with Crippen LogP contribution in [0.3, 0.4) is 0 Å². The molecule has 7 nitrogen and oxygen atoms in total. The predicted molar refractivity (Wildman–Crippen MR) is 128 cm³/mol. The van der Waals surface area contributed by atoms with Gasteiger partial charge in [-0.3, -0.25) is 14.9 Å². The molecule has 1 aliphatic carbocycles. The predicted octanol–water partition coefficient (Wildman–Crippen LogP) is 5.85. The van der Waals surface area contributed by atoms with E-state index in [1.54, 1.807) is 27.7 Å². The first-order valence-corrected chi connectivity index (χ1v) is 11.6. The van der Waals surface area contributed by atoms with E-state index in [4.69, 9.17) is 4.74 Å². The van der Waals surface area contributed by atoms with Crippen molar-refractivity contribution >= 4 is 29.3 Å². The van der Waals surface area contributed by atoms with Gasteiger partial charge in [0.2, 0.25) is 5.78 Å². The van der Waals surface area contributed by atoms with Crippen molar-refractivity contribution in [2.24, 2.45) is 11.8 Å². The van der Waals surface area contributed by atoms with Crippen LogP contribution >= 0.6 is 0 Å². The molecule has 1 unspecified atom stereocenters. The topological polar surface area (TPSA) is 97.4 Å². The fourth-order valence-corrected chi connectivity index (χ4v) is 4.24. The maximum atomic E-state index is 14.5. The Morgan fingerprint density at radius 1 is 1.11 bits per heavy atom. The number of halogens is 3. The first-order chi connectivity index (χ1) is 16.7. The Hall–Kier alpha value is -3.43. The summed E-state index contributed by atoms with van der Waals surface area (Å²) in [6, 6.07) is 6.55. The number of carbonyl (C=O) groups excluding carboxylic acids is 3. The van der Waals surface area contributed by atoms with Gasteiger partial charge in [-0.1, -0.05) is 19.1 Å². The largest absolute Gasteiger partial charge is 0.444 e. The van der Waals surface area contributed by atoms with Gasteiger partial charge in [-0.15, -0.1) is 0 Å². The van der Waals surface area contributed by atoms with E-state index in [2.05, 4.69) is 15.6 Å². The van der Waals surface area contributed by atoms with Crippen LogP contribution in [0, 0.1) is 24.6 Å². The molecule has 1 aromatic carbocycles. The summed E-state index contributed by atoms with van der Waals surface area (Å²) in [5, 5.41) is 4.99. The van der Waals surface area contributed by atoms with E-state index in [1.807, 2.05) is 0 Å². The minimum atomic E-state index is -3.02. The lowest BCUT2D eigenvalue weighted by molar-refractivity contribution is -0.144. The number of rotatable bonds is 5. The van der Waals surface area contributed by atoms with Gasteiger partial charge in [-0.2, -0.15) is 0 Å². The van der Waals surface area contributed by atoms with Crippen molar-refractivity contribution < 1.29 is 32.3 Å². The van der Waals surface area contributed by atoms with E-state index in [-0.39, 0.29) is 17.9 Å². The van der Waals surface area contributed by atoms with Gasteiger partial charge in [0.05, 0.1) is 11.9 Å². The molecule has 2 N–H and O–H groups in total. The van der Waals surface area contributed by atoms with Crippen LogP contribution in [0.15, 0.2) is 36.5 Å². The van der Waals surface area contributed by atoms with Crippen molar-refractivity contribution in [2.45, 2.75) is 64.9 Å². The number of ether oxygens (including phenoxy) is 1. The molecule has 10 heteroatoms. The number of aromatic nitrogens is 1. The summed E-state index contributed by atoms with van der Waals surface area (Å²) >= 11 is 0. The maximum Gasteiger partial charge on any atom is 0.413 e. The Morgan fingerprint density at radius 2 is 1.75 bits per heavy atom. The highest BCUT2D eigenvalue weighted by molar-refractivity contribution is 6.41. The molecular weight excluding hydrogens is 475 g/mol. The number of hydrogen-bond donors (Lipinski definition) is 2. The van der Waals surface area contributed by atoms with Gasteiger partial charge in [-0.25, -0.2) is 22.9 Å². The van der Waals surface area contributed by atoms with Crippen molar-refractivity contribution in [3.05, 3.63) is 53.5 Å². The summed E-state index contributed by atoms with van der Waals surface area (Å²) in [5.74, 6) is -8.15. The molecule has 1 saturated carbocycles. The molecule has 0 radical (unpaired) electrons. The Morgan fingerprint density at radius 3 is 2.33 bits per heavy atom. The first-order valence-electron chi connectivity index (χ1n) is 11.6. The van der Waals surface area contributed by atoms with E-state index >= 15 is 0 Å². The van der Waals surface area contributed by atoms with Gasteiger partial charge in [-0.05, 0) is 69.4 Å². The molecule has 0 aliphatic heterocycles. The van der Waals surface area contributed by atoms with Crippen LogP contribution in [0.1, 0.15) is 57.6 Å². The molecule has 2 aromatic rings. The van der Waals surface area contributed by atoms with E-state index in [1.165, 1.54) is 31.3 Å². The van der Waals surface area contributed by atoms with Gasteiger partial charge < -0.3 is 10.1 Å². The van der Waals surface area contributed by atoms with Crippen LogP contribution in [-0.2, 0) is 14.3 Å². The summed E-state index contributed by atoms with van der Waals surface area (Å²) in [6.07, 6.45) is -0.230. The monoisotopic (exact) mass is 505 g/mol. The normalized spacial score (nSPS) is 21.4. The minimum Gasteiger partial charge on any atom is -0.444 e.